The van der Waals surface area contributed by atoms with Crippen molar-refractivity contribution in [1.82, 2.24) is 5.17 Å². The fourth-order valence-corrected chi connectivity index (χ4v) is 1.65. The van der Waals surface area contributed by atoms with Gasteiger partial charge in [0.1, 0.15) is 6.54 Å². The molecule has 102 valence electrons. The standard InChI is InChI=1S/C7H11N3O7S/c1-15-5(11)7(6(12)16-2)4-8-9-10(7)17-18(3,13)14/h4H2,1-3H3. The lowest BCUT2D eigenvalue weighted by Crippen LogP contribution is -2.59. The Kier molecular flexibility index (Phi) is 3.86. The van der Waals surface area contributed by atoms with E-state index in [1.54, 1.807) is 0 Å². The highest BCUT2D eigenvalue weighted by Gasteiger charge is 2.59. The van der Waals surface area contributed by atoms with Crippen LogP contribution in [-0.2, 0) is 33.5 Å². The molecule has 0 aromatic carbocycles. The molecule has 0 saturated heterocycles. The first kappa shape index (κ1) is 14.3. The molecule has 0 fully saturated rings. The number of hydrogen-bond donors (Lipinski definition) is 0. The van der Waals surface area contributed by atoms with Gasteiger partial charge in [-0.1, -0.05) is 0 Å². The van der Waals surface area contributed by atoms with Crippen LogP contribution in [0.2, 0.25) is 0 Å². The fourth-order valence-electron chi connectivity index (χ4n) is 1.24. The zero-order valence-corrected chi connectivity index (χ0v) is 10.6. The molecule has 0 amide bonds. The summed E-state index contributed by atoms with van der Waals surface area (Å²) in [5, 5.41) is 6.93. The van der Waals surface area contributed by atoms with Crippen molar-refractivity contribution >= 4 is 22.1 Å². The van der Waals surface area contributed by atoms with Gasteiger partial charge in [-0.15, -0.1) is 9.46 Å². The highest BCUT2D eigenvalue weighted by atomic mass is 32.2. The molecule has 0 aromatic heterocycles. The second-order valence-electron chi connectivity index (χ2n) is 3.28. The first-order chi connectivity index (χ1) is 8.28. The number of carbonyl (C=O) groups excluding carboxylic acids is 2. The average Bonchev–Trinajstić information content (AvgIpc) is 2.69. The third-order valence-electron chi connectivity index (χ3n) is 2.02. The van der Waals surface area contributed by atoms with Crippen molar-refractivity contribution in [3.05, 3.63) is 0 Å². The van der Waals surface area contributed by atoms with Crippen molar-refractivity contribution in [2.24, 2.45) is 10.3 Å². The Balaban J connectivity index is 3.18. The minimum absolute atomic E-state index is 0.264. The molecular weight excluding hydrogens is 270 g/mol. The molecule has 0 bridgehead atoms. The second kappa shape index (κ2) is 4.86. The molecule has 1 rings (SSSR count). The van der Waals surface area contributed by atoms with Crippen molar-refractivity contribution < 1.29 is 31.8 Å². The Hall–Kier alpha value is -1.75. The van der Waals surface area contributed by atoms with Crippen LogP contribution in [0.3, 0.4) is 0 Å². The molecule has 1 aliphatic heterocycles. The Morgan fingerprint density at radius 3 is 2.11 bits per heavy atom. The van der Waals surface area contributed by atoms with E-state index in [-0.39, 0.29) is 5.17 Å². The molecule has 0 radical (unpaired) electrons. The Morgan fingerprint density at radius 2 is 1.72 bits per heavy atom. The lowest BCUT2D eigenvalue weighted by Gasteiger charge is -2.27. The van der Waals surface area contributed by atoms with Gasteiger partial charge >= 0.3 is 17.5 Å². The van der Waals surface area contributed by atoms with Crippen LogP contribution in [-0.4, -0.2) is 58.1 Å². The van der Waals surface area contributed by atoms with E-state index in [9.17, 15) is 18.0 Å². The lowest BCUT2D eigenvalue weighted by atomic mass is 10.0. The molecule has 0 aromatic rings. The number of hydroxylamine groups is 1. The van der Waals surface area contributed by atoms with Gasteiger partial charge in [0.2, 0.25) is 0 Å². The third-order valence-corrected chi connectivity index (χ3v) is 2.43. The number of hydrogen-bond acceptors (Lipinski definition) is 10. The predicted octanol–water partition coefficient (Wildman–Crippen LogP) is -1.35. The van der Waals surface area contributed by atoms with E-state index >= 15 is 0 Å². The maximum atomic E-state index is 11.7. The first-order valence-corrected chi connectivity index (χ1v) is 6.33. The Labute approximate surface area is 103 Å². The molecule has 18 heavy (non-hydrogen) atoms. The summed E-state index contributed by atoms with van der Waals surface area (Å²) < 4.78 is 35.3. The normalized spacial score (nSPS) is 17.6. The number of nitrogens with zero attached hydrogens (tertiary/aromatic N) is 3. The van der Waals surface area contributed by atoms with Crippen LogP contribution in [0.4, 0.5) is 0 Å². The van der Waals surface area contributed by atoms with E-state index < -0.39 is 34.1 Å². The smallest absolute Gasteiger partial charge is 0.350 e. The lowest BCUT2D eigenvalue weighted by molar-refractivity contribution is -0.193. The highest BCUT2D eigenvalue weighted by Crippen LogP contribution is 2.27. The van der Waals surface area contributed by atoms with Crippen molar-refractivity contribution in [2.75, 3.05) is 27.0 Å². The van der Waals surface area contributed by atoms with Gasteiger partial charge in [0.15, 0.2) is 0 Å². The van der Waals surface area contributed by atoms with Crippen molar-refractivity contribution in [2.45, 2.75) is 5.54 Å². The van der Waals surface area contributed by atoms with Gasteiger partial charge in [0, 0.05) is 0 Å². The summed E-state index contributed by atoms with van der Waals surface area (Å²) in [6.45, 7) is -0.470. The fraction of sp³-hybridized carbons (Fsp3) is 0.714. The first-order valence-electron chi connectivity index (χ1n) is 4.52. The van der Waals surface area contributed by atoms with Gasteiger partial charge < -0.3 is 9.47 Å². The van der Waals surface area contributed by atoms with Gasteiger partial charge in [-0.3, -0.25) is 0 Å². The van der Waals surface area contributed by atoms with Crippen LogP contribution in [0, 0.1) is 0 Å². The summed E-state index contributed by atoms with van der Waals surface area (Å²) in [6.07, 6.45) is 0.722. The average molecular weight is 281 g/mol. The molecule has 1 heterocycles. The molecule has 10 nitrogen and oxygen atoms in total. The number of rotatable bonds is 4. The molecule has 0 atom stereocenters. The van der Waals surface area contributed by atoms with E-state index in [1.165, 1.54) is 0 Å². The van der Waals surface area contributed by atoms with Crippen LogP contribution in [0.25, 0.3) is 0 Å². The van der Waals surface area contributed by atoms with Crippen molar-refractivity contribution in [1.29, 1.82) is 0 Å². The zero-order valence-electron chi connectivity index (χ0n) is 9.81. The highest BCUT2D eigenvalue weighted by molar-refractivity contribution is 7.85. The second-order valence-corrected chi connectivity index (χ2v) is 4.84. The summed E-state index contributed by atoms with van der Waals surface area (Å²) in [4.78, 5) is 23.3. The predicted molar refractivity (Wildman–Crippen MR) is 54.3 cm³/mol. The summed E-state index contributed by atoms with van der Waals surface area (Å²) in [7, 11) is -1.97. The Bertz CT molecular complexity index is 469. The summed E-state index contributed by atoms with van der Waals surface area (Å²) in [5.41, 5.74) is -2.19. The molecule has 0 unspecified atom stereocenters. The number of ether oxygens (including phenoxy) is 2. The van der Waals surface area contributed by atoms with Gasteiger partial charge in [-0.25, -0.2) is 9.59 Å². The summed E-state index contributed by atoms with van der Waals surface area (Å²) in [5.74, 6) is -2.19. The van der Waals surface area contributed by atoms with Crippen LogP contribution in [0.15, 0.2) is 10.3 Å². The van der Waals surface area contributed by atoms with Crippen LogP contribution >= 0.6 is 0 Å². The largest absolute Gasteiger partial charge is 0.467 e. The van der Waals surface area contributed by atoms with Crippen LogP contribution in [0.1, 0.15) is 0 Å². The van der Waals surface area contributed by atoms with Gasteiger partial charge in [-0.2, -0.15) is 13.5 Å². The molecule has 1 aliphatic rings. The summed E-state index contributed by atoms with van der Waals surface area (Å²) >= 11 is 0. The van der Waals surface area contributed by atoms with E-state index in [4.69, 9.17) is 0 Å². The molecule has 0 spiro atoms. The quantitative estimate of drug-likeness (QED) is 0.457. The van der Waals surface area contributed by atoms with Gasteiger partial charge in [0.25, 0.3) is 10.1 Å². The SMILES string of the molecule is COC(=O)C1(C(=O)OC)CN=NN1OS(C)(=O)=O. The van der Waals surface area contributed by atoms with E-state index in [0.717, 1.165) is 20.5 Å². The Morgan fingerprint density at radius 1 is 1.22 bits per heavy atom. The van der Waals surface area contributed by atoms with E-state index in [2.05, 4.69) is 24.1 Å². The number of esters is 2. The topological polar surface area (TPSA) is 124 Å². The molecule has 11 heteroatoms. The minimum Gasteiger partial charge on any atom is -0.467 e. The summed E-state index contributed by atoms with van der Waals surface area (Å²) in [6, 6.07) is 0. The minimum atomic E-state index is -4.01. The molecule has 0 saturated carbocycles. The molecular formula is C7H11N3O7S. The third kappa shape index (κ3) is 2.41. The van der Waals surface area contributed by atoms with E-state index in [1.807, 2.05) is 0 Å². The van der Waals surface area contributed by atoms with Crippen LogP contribution < -0.4 is 0 Å². The van der Waals surface area contributed by atoms with E-state index in [0.29, 0.717) is 0 Å². The van der Waals surface area contributed by atoms with Gasteiger partial charge in [0.05, 0.1) is 20.5 Å². The zero-order chi connectivity index (χ0) is 14.0. The number of methoxy groups -OCH3 is 2. The number of carbonyl (C=O) groups is 2. The van der Waals surface area contributed by atoms with Crippen molar-refractivity contribution in [3.8, 4) is 0 Å². The molecule has 0 N–H and O–H groups in total. The molecule has 0 aliphatic carbocycles. The monoisotopic (exact) mass is 281 g/mol. The maximum Gasteiger partial charge on any atom is 0.350 e. The van der Waals surface area contributed by atoms with Gasteiger partial charge in [-0.05, 0) is 5.22 Å². The van der Waals surface area contributed by atoms with Crippen molar-refractivity contribution in [3.63, 3.8) is 0 Å². The van der Waals surface area contributed by atoms with Crippen LogP contribution in [0.5, 0.6) is 0 Å². The maximum absolute atomic E-state index is 11.7.